The van der Waals surface area contributed by atoms with Gasteiger partial charge in [0, 0.05) is 5.69 Å². The molecule has 0 saturated heterocycles. The summed E-state index contributed by atoms with van der Waals surface area (Å²) in [6, 6.07) is 5.21. The molecule has 3 rings (SSSR count). The number of carboxylic acids is 1. The van der Waals surface area contributed by atoms with Crippen LogP contribution < -0.4 is 16.7 Å². The Morgan fingerprint density at radius 3 is 2.77 bits per heavy atom. The Bertz CT molecular complexity index is 933. The van der Waals surface area contributed by atoms with Gasteiger partial charge in [0.05, 0.1) is 25.2 Å². The zero-order valence-corrected chi connectivity index (χ0v) is 13.5. The van der Waals surface area contributed by atoms with Gasteiger partial charge in [-0.05, 0) is 12.1 Å². The number of carbonyl (C=O) groups excluding carboxylic acids is 2. The highest BCUT2D eigenvalue weighted by molar-refractivity contribution is 5.99. The quantitative estimate of drug-likeness (QED) is 0.508. The van der Waals surface area contributed by atoms with Crippen LogP contribution in [0.1, 0.15) is 16.2 Å². The maximum atomic E-state index is 12.5. The van der Waals surface area contributed by atoms with Crippen LogP contribution in [0.25, 0.3) is 0 Å². The number of rotatable bonds is 5. The summed E-state index contributed by atoms with van der Waals surface area (Å²) >= 11 is 0. The van der Waals surface area contributed by atoms with Gasteiger partial charge in [-0.15, -0.1) is 0 Å². The number of nitrogens with zero attached hydrogens (tertiary/aromatic N) is 3. The van der Waals surface area contributed by atoms with E-state index in [0.717, 1.165) is 4.90 Å². The van der Waals surface area contributed by atoms with Crippen LogP contribution in [0.2, 0.25) is 0 Å². The molecule has 11 nitrogen and oxygen atoms in total. The van der Waals surface area contributed by atoms with Gasteiger partial charge in [-0.1, -0.05) is 12.1 Å². The summed E-state index contributed by atoms with van der Waals surface area (Å²) in [7, 11) is 0. The molecular formula is C15H16N6O5. The van der Waals surface area contributed by atoms with Crippen LogP contribution in [-0.2, 0) is 22.7 Å². The van der Waals surface area contributed by atoms with Crippen molar-refractivity contribution in [3.8, 4) is 0 Å². The standard InChI is InChI=1S/C15H16N6O5/c16-13(23)8-3-1-2-4-9(8)17-5-12(22)20-7-11-18-19-15(26)21(11)6-10(20)14(24)25/h1-4,10,17H,5-7H2,(H2,16,23)(H,19,26)(H,24,25). The van der Waals surface area contributed by atoms with Gasteiger partial charge in [0.2, 0.25) is 5.91 Å². The number of para-hydroxylation sites is 1. The number of hydrogen-bond acceptors (Lipinski definition) is 6. The number of aromatic nitrogens is 3. The largest absolute Gasteiger partial charge is 0.480 e. The first-order valence-electron chi connectivity index (χ1n) is 7.67. The number of carbonyl (C=O) groups is 3. The lowest BCUT2D eigenvalue weighted by atomic mass is 10.1. The predicted molar refractivity (Wildman–Crippen MR) is 88.3 cm³/mol. The molecule has 11 heteroatoms. The molecule has 1 aromatic heterocycles. The van der Waals surface area contributed by atoms with E-state index in [2.05, 4.69) is 15.5 Å². The Morgan fingerprint density at radius 2 is 2.08 bits per heavy atom. The first-order valence-corrected chi connectivity index (χ1v) is 7.67. The minimum Gasteiger partial charge on any atom is -0.480 e. The molecule has 1 unspecified atom stereocenters. The van der Waals surface area contributed by atoms with Gasteiger partial charge in [-0.25, -0.2) is 14.7 Å². The number of aliphatic carboxylic acids is 1. The van der Waals surface area contributed by atoms with Crippen LogP contribution in [0.5, 0.6) is 0 Å². The van der Waals surface area contributed by atoms with Gasteiger partial charge in [-0.3, -0.25) is 14.2 Å². The van der Waals surface area contributed by atoms with E-state index in [1.165, 1.54) is 10.6 Å². The molecule has 1 aliphatic rings. The van der Waals surface area contributed by atoms with E-state index >= 15 is 0 Å². The SMILES string of the molecule is NC(=O)c1ccccc1NCC(=O)N1Cc2n[nH]c(=O)n2CC1C(=O)O. The number of primary amides is 1. The van der Waals surface area contributed by atoms with E-state index in [9.17, 15) is 24.3 Å². The average molecular weight is 360 g/mol. The van der Waals surface area contributed by atoms with Crippen molar-refractivity contribution in [3.05, 3.63) is 46.1 Å². The first kappa shape index (κ1) is 17.2. The maximum Gasteiger partial charge on any atom is 0.343 e. The summed E-state index contributed by atoms with van der Waals surface area (Å²) in [5, 5.41) is 18.2. The lowest BCUT2D eigenvalue weighted by molar-refractivity contribution is -0.152. The van der Waals surface area contributed by atoms with Crippen LogP contribution in [0.4, 0.5) is 5.69 Å². The predicted octanol–water partition coefficient (Wildman–Crippen LogP) is -1.42. The molecule has 2 aromatic rings. The van der Waals surface area contributed by atoms with Crippen LogP contribution >= 0.6 is 0 Å². The zero-order valence-electron chi connectivity index (χ0n) is 13.5. The van der Waals surface area contributed by atoms with Crippen molar-refractivity contribution >= 4 is 23.5 Å². The molecule has 5 N–H and O–H groups in total. The minimum atomic E-state index is -1.23. The van der Waals surface area contributed by atoms with Crippen molar-refractivity contribution < 1.29 is 19.5 Å². The molecule has 0 bridgehead atoms. The molecule has 2 heterocycles. The fraction of sp³-hybridized carbons (Fsp3) is 0.267. The molecule has 0 saturated carbocycles. The monoisotopic (exact) mass is 360 g/mol. The van der Waals surface area contributed by atoms with Crippen molar-refractivity contribution in [1.29, 1.82) is 0 Å². The smallest absolute Gasteiger partial charge is 0.343 e. The van der Waals surface area contributed by atoms with E-state index in [4.69, 9.17) is 5.73 Å². The number of hydrogen-bond donors (Lipinski definition) is 4. The van der Waals surface area contributed by atoms with E-state index in [1.54, 1.807) is 18.2 Å². The number of fused-ring (bicyclic) bond motifs is 1. The fourth-order valence-corrected chi connectivity index (χ4v) is 2.79. The number of benzene rings is 1. The molecule has 1 aromatic carbocycles. The molecular weight excluding hydrogens is 344 g/mol. The van der Waals surface area contributed by atoms with Crippen molar-refractivity contribution in [1.82, 2.24) is 19.7 Å². The van der Waals surface area contributed by atoms with Gasteiger partial charge in [0.15, 0.2) is 5.82 Å². The molecule has 2 amide bonds. The number of aromatic amines is 1. The molecule has 1 atom stereocenters. The lowest BCUT2D eigenvalue weighted by Gasteiger charge is -2.32. The van der Waals surface area contributed by atoms with Crippen molar-refractivity contribution in [2.24, 2.45) is 5.73 Å². The molecule has 1 aliphatic heterocycles. The van der Waals surface area contributed by atoms with E-state index in [1.807, 2.05) is 0 Å². The van der Waals surface area contributed by atoms with E-state index in [-0.39, 0.29) is 31.0 Å². The highest BCUT2D eigenvalue weighted by Crippen LogP contribution is 2.17. The van der Waals surface area contributed by atoms with E-state index < -0.39 is 29.5 Å². The highest BCUT2D eigenvalue weighted by atomic mass is 16.4. The van der Waals surface area contributed by atoms with Gasteiger partial charge in [0.25, 0.3) is 5.91 Å². The third-order valence-corrected chi connectivity index (χ3v) is 4.11. The van der Waals surface area contributed by atoms with Crippen LogP contribution in [-0.4, -0.2) is 55.1 Å². The molecule has 136 valence electrons. The molecule has 0 radical (unpaired) electrons. The number of anilines is 1. The summed E-state index contributed by atoms with van der Waals surface area (Å²) < 4.78 is 1.19. The molecule has 26 heavy (non-hydrogen) atoms. The molecule has 0 fully saturated rings. The Balaban J connectivity index is 1.77. The second-order valence-electron chi connectivity index (χ2n) is 5.69. The number of nitrogens with two attached hydrogens (primary N) is 1. The Morgan fingerprint density at radius 1 is 1.35 bits per heavy atom. The Kier molecular flexibility index (Phi) is 4.43. The zero-order chi connectivity index (χ0) is 18.8. The Hall–Kier alpha value is -3.63. The van der Waals surface area contributed by atoms with Gasteiger partial charge in [-0.2, -0.15) is 5.10 Å². The topological polar surface area (TPSA) is 163 Å². The molecule has 0 aliphatic carbocycles. The van der Waals surface area contributed by atoms with Gasteiger partial charge in [0.1, 0.15) is 6.04 Å². The maximum absolute atomic E-state index is 12.5. The second-order valence-corrected chi connectivity index (χ2v) is 5.69. The normalized spacial score (nSPS) is 16.0. The number of amides is 2. The number of carboxylic acid groups (broad SMARTS) is 1. The second kappa shape index (κ2) is 6.70. The van der Waals surface area contributed by atoms with Crippen LogP contribution in [0.15, 0.2) is 29.1 Å². The summed E-state index contributed by atoms with van der Waals surface area (Å²) in [5.41, 5.74) is 5.35. The minimum absolute atomic E-state index is 0.117. The average Bonchev–Trinajstić information content (AvgIpc) is 2.99. The highest BCUT2D eigenvalue weighted by Gasteiger charge is 2.36. The lowest BCUT2D eigenvalue weighted by Crippen LogP contribution is -2.53. The van der Waals surface area contributed by atoms with Crippen LogP contribution in [0.3, 0.4) is 0 Å². The summed E-state index contributed by atoms with van der Waals surface area (Å²) in [5.74, 6) is -2.12. The van der Waals surface area contributed by atoms with Crippen molar-refractivity contribution in [3.63, 3.8) is 0 Å². The fourth-order valence-electron chi connectivity index (χ4n) is 2.79. The summed E-state index contributed by atoms with van der Waals surface area (Å²) in [6.07, 6.45) is 0. The van der Waals surface area contributed by atoms with E-state index in [0.29, 0.717) is 5.69 Å². The Labute approximate surface area is 146 Å². The number of nitrogens with one attached hydrogen (secondary N) is 2. The summed E-state index contributed by atoms with van der Waals surface area (Å²) in [4.78, 5) is 48.2. The first-order chi connectivity index (χ1) is 12.4. The van der Waals surface area contributed by atoms with Crippen molar-refractivity contribution in [2.75, 3.05) is 11.9 Å². The van der Waals surface area contributed by atoms with Crippen molar-refractivity contribution in [2.45, 2.75) is 19.1 Å². The van der Waals surface area contributed by atoms with Crippen LogP contribution in [0, 0.1) is 0 Å². The molecule has 0 spiro atoms. The van der Waals surface area contributed by atoms with Gasteiger partial charge < -0.3 is 21.1 Å². The summed E-state index contributed by atoms with van der Waals surface area (Å²) in [6.45, 7) is -0.556. The third-order valence-electron chi connectivity index (χ3n) is 4.11. The third kappa shape index (κ3) is 3.14. The van der Waals surface area contributed by atoms with Gasteiger partial charge >= 0.3 is 11.7 Å². The number of H-pyrrole nitrogens is 1.